The van der Waals surface area contributed by atoms with Gasteiger partial charge in [-0.2, -0.15) is 0 Å². The van der Waals surface area contributed by atoms with E-state index < -0.39 is 11.6 Å². The van der Waals surface area contributed by atoms with Crippen molar-refractivity contribution < 1.29 is 24.6 Å². The lowest BCUT2D eigenvalue weighted by Crippen LogP contribution is -2.50. The molecule has 0 radical (unpaired) electrons. The van der Waals surface area contributed by atoms with E-state index in [0.717, 1.165) is 12.8 Å². The number of hydrogen-bond donors (Lipinski definition) is 3. The number of nitrogens with one attached hydrogen (secondary N) is 1. The van der Waals surface area contributed by atoms with E-state index >= 15 is 0 Å². The van der Waals surface area contributed by atoms with Crippen LogP contribution in [0.4, 0.5) is 0 Å². The van der Waals surface area contributed by atoms with Crippen LogP contribution in [0.15, 0.2) is 24.3 Å². The van der Waals surface area contributed by atoms with Crippen LogP contribution in [-0.4, -0.2) is 57.6 Å². The quantitative estimate of drug-likeness (QED) is 0.750. The first-order valence-electron chi connectivity index (χ1n) is 8.05. The molecule has 7 nitrogen and oxygen atoms in total. The molecule has 2 fully saturated rings. The Bertz CT molecular complexity index is 658. The van der Waals surface area contributed by atoms with Crippen molar-refractivity contribution in [2.45, 2.75) is 37.3 Å². The van der Waals surface area contributed by atoms with Crippen LogP contribution in [-0.2, 0) is 4.79 Å². The molecule has 2 aliphatic rings. The Kier molecular flexibility index (Phi) is 4.28. The molecule has 24 heavy (non-hydrogen) atoms. The van der Waals surface area contributed by atoms with E-state index in [1.807, 2.05) is 0 Å². The predicted octanol–water partition coefficient (Wildman–Crippen LogP) is 0.630. The van der Waals surface area contributed by atoms with Gasteiger partial charge in [-0.25, -0.2) is 4.79 Å². The number of aliphatic hydroxyl groups is 1. The molecule has 128 valence electrons. The summed E-state index contributed by atoms with van der Waals surface area (Å²) in [6.07, 6.45) is 2.05. The van der Waals surface area contributed by atoms with E-state index in [2.05, 4.69) is 5.32 Å². The molecule has 3 N–H and O–H groups in total. The van der Waals surface area contributed by atoms with Gasteiger partial charge in [0.15, 0.2) is 5.60 Å². The zero-order chi connectivity index (χ0) is 17.3. The summed E-state index contributed by atoms with van der Waals surface area (Å²) >= 11 is 0. The van der Waals surface area contributed by atoms with E-state index in [1.54, 1.807) is 24.3 Å². The maximum absolute atomic E-state index is 12.4. The van der Waals surface area contributed by atoms with Crippen molar-refractivity contribution in [3.05, 3.63) is 35.4 Å². The molecule has 1 aromatic rings. The molecule has 0 bridgehead atoms. The highest BCUT2D eigenvalue weighted by Crippen LogP contribution is 2.24. The monoisotopic (exact) mass is 332 g/mol. The Morgan fingerprint density at radius 1 is 1.04 bits per heavy atom. The molecule has 0 unspecified atom stereocenters. The van der Waals surface area contributed by atoms with Crippen LogP contribution in [0.2, 0.25) is 0 Å². The Morgan fingerprint density at radius 2 is 1.58 bits per heavy atom. The highest BCUT2D eigenvalue weighted by molar-refractivity contribution is 5.98. The van der Waals surface area contributed by atoms with Crippen molar-refractivity contribution in [3.8, 4) is 0 Å². The number of piperidine rings is 1. The molecule has 0 spiro atoms. The molecule has 3 rings (SSSR count). The van der Waals surface area contributed by atoms with E-state index in [-0.39, 0.29) is 43.8 Å². The zero-order valence-corrected chi connectivity index (χ0v) is 13.2. The SMILES string of the molecule is O=C(NC1CC1)c1ccc(C(=O)N2CCC(O)(C(=O)O)CC2)cc1. The summed E-state index contributed by atoms with van der Waals surface area (Å²) in [5.74, 6) is -1.61. The lowest BCUT2D eigenvalue weighted by atomic mass is 9.91. The number of aliphatic carboxylic acids is 1. The lowest BCUT2D eigenvalue weighted by Gasteiger charge is -2.35. The van der Waals surface area contributed by atoms with Gasteiger partial charge in [-0.3, -0.25) is 9.59 Å². The van der Waals surface area contributed by atoms with Crippen molar-refractivity contribution >= 4 is 17.8 Å². The van der Waals surface area contributed by atoms with Crippen LogP contribution in [0, 0.1) is 0 Å². The fourth-order valence-corrected chi connectivity index (χ4v) is 2.74. The van der Waals surface area contributed by atoms with Crippen LogP contribution in [0.5, 0.6) is 0 Å². The first-order valence-corrected chi connectivity index (χ1v) is 8.05. The minimum Gasteiger partial charge on any atom is -0.479 e. The molecule has 2 amide bonds. The van der Waals surface area contributed by atoms with E-state index in [1.165, 1.54) is 4.90 Å². The standard InChI is InChI=1S/C17H20N2O5/c20-14(18-13-5-6-13)11-1-3-12(4-2-11)15(21)19-9-7-17(24,8-10-19)16(22)23/h1-4,13,24H,5-10H2,(H,18,20)(H,22,23). The van der Waals surface area contributed by atoms with Gasteiger partial charge < -0.3 is 20.4 Å². The van der Waals surface area contributed by atoms with Gasteiger partial charge in [0.2, 0.25) is 0 Å². The summed E-state index contributed by atoms with van der Waals surface area (Å²) < 4.78 is 0. The maximum Gasteiger partial charge on any atom is 0.335 e. The lowest BCUT2D eigenvalue weighted by molar-refractivity contribution is -0.162. The zero-order valence-electron chi connectivity index (χ0n) is 13.2. The van der Waals surface area contributed by atoms with Crippen molar-refractivity contribution in [1.29, 1.82) is 0 Å². The van der Waals surface area contributed by atoms with Crippen LogP contribution in [0.3, 0.4) is 0 Å². The van der Waals surface area contributed by atoms with Gasteiger partial charge in [0.1, 0.15) is 0 Å². The second-order valence-corrected chi connectivity index (χ2v) is 6.45. The van der Waals surface area contributed by atoms with Gasteiger partial charge in [0.05, 0.1) is 0 Å². The number of likely N-dealkylation sites (tertiary alicyclic amines) is 1. The number of nitrogens with zero attached hydrogens (tertiary/aromatic N) is 1. The summed E-state index contributed by atoms with van der Waals surface area (Å²) in [4.78, 5) is 36.9. The molecule has 1 heterocycles. The summed E-state index contributed by atoms with van der Waals surface area (Å²) in [6, 6.07) is 6.70. The summed E-state index contributed by atoms with van der Waals surface area (Å²) in [7, 11) is 0. The number of amides is 2. The van der Waals surface area contributed by atoms with Gasteiger partial charge in [-0.1, -0.05) is 0 Å². The highest BCUT2D eigenvalue weighted by Gasteiger charge is 2.40. The summed E-state index contributed by atoms with van der Waals surface area (Å²) in [6.45, 7) is 0.372. The van der Waals surface area contributed by atoms with E-state index in [9.17, 15) is 19.5 Å². The molecule has 1 saturated heterocycles. The molecular formula is C17H20N2O5. The third kappa shape index (κ3) is 3.41. The average Bonchev–Trinajstić information content (AvgIpc) is 3.39. The van der Waals surface area contributed by atoms with Crippen LogP contribution in [0.1, 0.15) is 46.4 Å². The van der Waals surface area contributed by atoms with Gasteiger partial charge in [-0.15, -0.1) is 0 Å². The highest BCUT2D eigenvalue weighted by atomic mass is 16.4. The minimum atomic E-state index is -1.75. The third-order valence-corrected chi connectivity index (χ3v) is 4.58. The van der Waals surface area contributed by atoms with Crippen LogP contribution < -0.4 is 5.32 Å². The molecule has 1 aromatic carbocycles. The number of rotatable bonds is 4. The second kappa shape index (κ2) is 6.24. The largest absolute Gasteiger partial charge is 0.479 e. The van der Waals surface area contributed by atoms with Crippen molar-refractivity contribution in [3.63, 3.8) is 0 Å². The van der Waals surface area contributed by atoms with Crippen molar-refractivity contribution in [2.24, 2.45) is 0 Å². The molecule has 0 aromatic heterocycles. The number of hydrogen-bond acceptors (Lipinski definition) is 4. The van der Waals surface area contributed by atoms with Crippen molar-refractivity contribution in [1.82, 2.24) is 10.2 Å². The number of carbonyl (C=O) groups is 3. The van der Waals surface area contributed by atoms with Crippen molar-refractivity contribution in [2.75, 3.05) is 13.1 Å². The van der Waals surface area contributed by atoms with Gasteiger partial charge in [0, 0.05) is 43.1 Å². The minimum absolute atomic E-state index is 0.00987. The van der Waals surface area contributed by atoms with Crippen LogP contribution in [0.25, 0.3) is 0 Å². The average molecular weight is 332 g/mol. The van der Waals surface area contributed by atoms with Gasteiger partial charge in [0.25, 0.3) is 11.8 Å². The number of carboxylic acid groups (broad SMARTS) is 1. The number of benzene rings is 1. The second-order valence-electron chi connectivity index (χ2n) is 6.45. The molecule has 0 atom stereocenters. The normalized spacial score (nSPS) is 19.6. The Balaban J connectivity index is 1.61. The fraction of sp³-hybridized carbons (Fsp3) is 0.471. The Hall–Kier alpha value is -2.41. The smallest absolute Gasteiger partial charge is 0.335 e. The number of carboxylic acids is 1. The first-order chi connectivity index (χ1) is 11.4. The topological polar surface area (TPSA) is 107 Å². The number of carbonyl (C=O) groups excluding carboxylic acids is 2. The van der Waals surface area contributed by atoms with Gasteiger partial charge >= 0.3 is 5.97 Å². The van der Waals surface area contributed by atoms with Gasteiger partial charge in [-0.05, 0) is 37.1 Å². The first kappa shape index (κ1) is 16.4. The summed E-state index contributed by atoms with van der Waals surface area (Å²) in [5, 5.41) is 21.8. The van der Waals surface area contributed by atoms with E-state index in [4.69, 9.17) is 5.11 Å². The maximum atomic E-state index is 12.4. The molecule has 1 aliphatic heterocycles. The Labute approximate surface area is 139 Å². The predicted molar refractivity (Wildman–Crippen MR) is 84.7 cm³/mol. The molecular weight excluding hydrogens is 312 g/mol. The molecule has 1 saturated carbocycles. The fourth-order valence-electron chi connectivity index (χ4n) is 2.74. The van der Waals surface area contributed by atoms with Crippen LogP contribution >= 0.6 is 0 Å². The molecule has 1 aliphatic carbocycles. The molecule has 7 heteroatoms. The third-order valence-electron chi connectivity index (χ3n) is 4.58. The summed E-state index contributed by atoms with van der Waals surface area (Å²) in [5.41, 5.74) is -0.794. The van der Waals surface area contributed by atoms with E-state index in [0.29, 0.717) is 11.1 Å². The Morgan fingerprint density at radius 3 is 2.08 bits per heavy atom.